The molecule has 1 unspecified atom stereocenters. The molecule has 4 rings (SSSR count). The van der Waals surface area contributed by atoms with E-state index in [1.165, 1.54) is 5.69 Å². The molecule has 6 heteroatoms. The lowest BCUT2D eigenvalue weighted by Crippen LogP contribution is -2.40. The summed E-state index contributed by atoms with van der Waals surface area (Å²) in [6.45, 7) is 3.59. The van der Waals surface area contributed by atoms with E-state index in [0.29, 0.717) is 18.8 Å². The second-order valence-electron chi connectivity index (χ2n) is 7.58. The minimum absolute atomic E-state index is 0.0198. The van der Waals surface area contributed by atoms with E-state index in [-0.39, 0.29) is 24.2 Å². The van der Waals surface area contributed by atoms with Crippen molar-refractivity contribution in [2.75, 3.05) is 49.6 Å². The number of carbonyl (C=O) groups excluding carboxylic acids is 2. The fraction of sp³-hybridized carbons (Fsp3) is 0.391. The molecule has 152 valence electrons. The Bertz CT molecular complexity index is 871. The van der Waals surface area contributed by atoms with Crippen LogP contribution in [0.4, 0.5) is 11.4 Å². The van der Waals surface area contributed by atoms with Gasteiger partial charge in [-0.1, -0.05) is 30.3 Å². The highest BCUT2D eigenvalue weighted by Crippen LogP contribution is 2.33. The first-order valence-electron chi connectivity index (χ1n) is 10.2. The van der Waals surface area contributed by atoms with E-state index in [1.54, 1.807) is 12.0 Å². The summed E-state index contributed by atoms with van der Waals surface area (Å²) in [5, 5.41) is 0. The Morgan fingerprint density at radius 1 is 0.966 bits per heavy atom. The zero-order valence-corrected chi connectivity index (χ0v) is 16.8. The van der Waals surface area contributed by atoms with E-state index in [2.05, 4.69) is 17.0 Å². The van der Waals surface area contributed by atoms with Gasteiger partial charge >= 0.3 is 0 Å². The lowest BCUT2D eigenvalue weighted by molar-refractivity contribution is -0.135. The van der Waals surface area contributed by atoms with Crippen LogP contribution in [0.5, 0.6) is 5.75 Å². The van der Waals surface area contributed by atoms with Gasteiger partial charge in [-0.2, -0.15) is 0 Å². The van der Waals surface area contributed by atoms with Gasteiger partial charge in [0.25, 0.3) is 0 Å². The number of hydrogen-bond donors (Lipinski definition) is 0. The molecule has 0 bridgehead atoms. The maximum absolute atomic E-state index is 13.2. The standard InChI is InChI=1S/C23H27N3O3/c1-29-21-11-6-5-10-20(21)26-17-18(16-22(26)27)23(28)25-13-7-12-24(14-15-25)19-8-3-2-4-9-19/h2-6,8-11,18H,7,12-17H2,1H3. The van der Waals surface area contributed by atoms with Crippen molar-refractivity contribution >= 4 is 23.2 Å². The monoisotopic (exact) mass is 393 g/mol. The predicted octanol–water partition coefficient (Wildman–Crippen LogP) is 2.79. The highest BCUT2D eigenvalue weighted by Gasteiger charge is 2.38. The minimum Gasteiger partial charge on any atom is -0.495 e. The molecule has 2 aliphatic rings. The Morgan fingerprint density at radius 2 is 1.72 bits per heavy atom. The van der Waals surface area contributed by atoms with Crippen molar-refractivity contribution in [1.29, 1.82) is 0 Å². The normalized spacial score (nSPS) is 20.0. The third-order valence-corrected chi connectivity index (χ3v) is 5.78. The third kappa shape index (κ3) is 4.06. The number of ether oxygens (including phenoxy) is 1. The van der Waals surface area contributed by atoms with Crippen molar-refractivity contribution in [2.45, 2.75) is 12.8 Å². The molecule has 0 radical (unpaired) electrons. The van der Waals surface area contributed by atoms with Crippen molar-refractivity contribution in [1.82, 2.24) is 4.90 Å². The molecule has 0 saturated carbocycles. The molecule has 2 aliphatic heterocycles. The Kier molecular flexibility index (Phi) is 5.69. The summed E-state index contributed by atoms with van der Waals surface area (Å²) in [6, 6.07) is 17.8. The summed E-state index contributed by atoms with van der Waals surface area (Å²) >= 11 is 0. The van der Waals surface area contributed by atoms with Crippen LogP contribution in [-0.4, -0.2) is 56.5 Å². The highest BCUT2D eigenvalue weighted by atomic mass is 16.5. The van der Waals surface area contributed by atoms with Gasteiger partial charge in [-0.15, -0.1) is 0 Å². The number of amides is 2. The van der Waals surface area contributed by atoms with Gasteiger partial charge in [-0.05, 0) is 30.7 Å². The predicted molar refractivity (Wildman–Crippen MR) is 113 cm³/mol. The molecule has 2 amide bonds. The van der Waals surface area contributed by atoms with Gasteiger partial charge in [0.1, 0.15) is 5.75 Å². The number of hydrogen-bond acceptors (Lipinski definition) is 4. The molecule has 2 aromatic carbocycles. The largest absolute Gasteiger partial charge is 0.495 e. The van der Waals surface area contributed by atoms with Gasteiger partial charge in [0.2, 0.25) is 11.8 Å². The summed E-state index contributed by atoms with van der Waals surface area (Å²) in [4.78, 5) is 31.8. The van der Waals surface area contributed by atoms with Crippen LogP contribution in [0.1, 0.15) is 12.8 Å². The van der Waals surface area contributed by atoms with Gasteiger partial charge in [-0.25, -0.2) is 0 Å². The van der Waals surface area contributed by atoms with E-state index in [0.717, 1.165) is 31.7 Å². The Balaban J connectivity index is 1.42. The van der Waals surface area contributed by atoms with Crippen LogP contribution >= 0.6 is 0 Å². The van der Waals surface area contributed by atoms with Gasteiger partial charge in [0.05, 0.1) is 18.7 Å². The Hall–Kier alpha value is -3.02. The Morgan fingerprint density at radius 3 is 2.52 bits per heavy atom. The van der Waals surface area contributed by atoms with Crippen LogP contribution in [0.25, 0.3) is 0 Å². The van der Waals surface area contributed by atoms with E-state index in [9.17, 15) is 9.59 Å². The molecular formula is C23H27N3O3. The van der Waals surface area contributed by atoms with Crippen molar-refractivity contribution in [3.63, 3.8) is 0 Å². The minimum atomic E-state index is -0.296. The summed E-state index contributed by atoms with van der Waals surface area (Å²) in [7, 11) is 1.59. The van der Waals surface area contributed by atoms with Gasteiger partial charge in [0, 0.05) is 44.8 Å². The molecule has 0 aliphatic carbocycles. The number of para-hydroxylation sites is 3. The topological polar surface area (TPSA) is 53.1 Å². The number of nitrogens with zero attached hydrogens (tertiary/aromatic N) is 3. The SMILES string of the molecule is COc1ccccc1N1CC(C(=O)N2CCCN(c3ccccc3)CC2)CC1=O. The van der Waals surface area contributed by atoms with Crippen molar-refractivity contribution < 1.29 is 14.3 Å². The summed E-state index contributed by atoms with van der Waals surface area (Å²) in [5.41, 5.74) is 1.93. The fourth-order valence-electron chi connectivity index (χ4n) is 4.25. The first-order valence-corrected chi connectivity index (χ1v) is 10.2. The molecule has 6 nitrogen and oxygen atoms in total. The highest BCUT2D eigenvalue weighted by molar-refractivity contribution is 6.01. The average molecular weight is 393 g/mol. The summed E-state index contributed by atoms with van der Waals surface area (Å²) in [5.74, 6) is 0.428. The average Bonchev–Trinajstić information content (AvgIpc) is 2.99. The van der Waals surface area contributed by atoms with Gasteiger partial charge < -0.3 is 19.4 Å². The molecule has 0 N–H and O–H groups in total. The zero-order chi connectivity index (χ0) is 20.2. The Labute approximate surface area is 171 Å². The van der Waals surface area contributed by atoms with Gasteiger partial charge in [-0.3, -0.25) is 9.59 Å². The molecule has 2 heterocycles. The fourth-order valence-corrected chi connectivity index (χ4v) is 4.25. The summed E-state index contributed by atoms with van der Waals surface area (Å²) in [6.07, 6.45) is 1.19. The number of carbonyl (C=O) groups is 2. The van der Waals surface area contributed by atoms with Crippen molar-refractivity contribution in [3.05, 3.63) is 54.6 Å². The lowest BCUT2D eigenvalue weighted by atomic mass is 10.1. The van der Waals surface area contributed by atoms with Crippen LogP contribution in [-0.2, 0) is 9.59 Å². The lowest BCUT2D eigenvalue weighted by Gasteiger charge is -2.25. The third-order valence-electron chi connectivity index (χ3n) is 5.78. The van der Waals surface area contributed by atoms with Crippen LogP contribution in [0.2, 0.25) is 0 Å². The molecule has 2 aromatic rings. The molecular weight excluding hydrogens is 366 g/mol. The molecule has 2 saturated heterocycles. The second-order valence-corrected chi connectivity index (χ2v) is 7.58. The second kappa shape index (κ2) is 8.55. The number of benzene rings is 2. The van der Waals surface area contributed by atoms with Crippen LogP contribution in [0.3, 0.4) is 0 Å². The first-order chi connectivity index (χ1) is 14.2. The number of anilines is 2. The molecule has 1 atom stereocenters. The molecule has 0 aromatic heterocycles. The van der Waals surface area contributed by atoms with Crippen LogP contribution < -0.4 is 14.5 Å². The van der Waals surface area contributed by atoms with E-state index >= 15 is 0 Å². The molecule has 0 spiro atoms. The quantitative estimate of drug-likeness (QED) is 0.802. The molecule has 2 fully saturated rings. The van der Waals surface area contributed by atoms with Gasteiger partial charge in [0.15, 0.2) is 0 Å². The smallest absolute Gasteiger partial charge is 0.228 e. The van der Waals surface area contributed by atoms with Crippen LogP contribution in [0, 0.1) is 5.92 Å². The van der Waals surface area contributed by atoms with Crippen molar-refractivity contribution in [2.24, 2.45) is 5.92 Å². The number of methoxy groups -OCH3 is 1. The van der Waals surface area contributed by atoms with E-state index < -0.39 is 0 Å². The van der Waals surface area contributed by atoms with Crippen molar-refractivity contribution in [3.8, 4) is 5.75 Å². The maximum atomic E-state index is 13.2. The summed E-state index contributed by atoms with van der Waals surface area (Å²) < 4.78 is 5.39. The molecule has 29 heavy (non-hydrogen) atoms. The van der Waals surface area contributed by atoms with Crippen LogP contribution in [0.15, 0.2) is 54.6 Å². The number of rotatable bonds is 4. The zero-order valence-electron chi connectivity index (χ0n) is 16.8. The maximum Gasteiger partial charge on any atom is 0.228 e. The first kappa shape index (κ1) is 19.3. The van der Waals surface area contributed by atoms with E-state index in [1.807, 2.05) is 47.4 Å². The van der Waals surface area contributed by atoms with E-state index in [4.69, 9.17) is 4.74 Å².